The van der Waals surface area contributed by atoms with Crippen LogP contribution in [-0.2, 0) is 9.53 Å². The topological polar surface area (TPSA) is 75.6 Å². The van der Waals surface area contributed by atoms with E-state index < -0.39 is 0 Å². The second kappa shape index (κ2) is 8.29. The van der Waals surface area contributed by atoms with Gasteiger partial charge in [-0.3, -0.25) is 9.59 Å². The van der Waals surface area contributed by atoms with E-state index >= 15 is 0 Å². The summed E-state index contributed by atoms with van der Waals surface area (Å²) in [5.74, 6) is 5.05. The molecule has 0 unspecified atom stereocenters. The van der Waals surface area contributed by atoms with Crippen LogP contribution in [0.25, 0.3) is 0 Å². The van der Waals surface area contributed by atoms with Crippen LogP contribution in [0.3, 0.4) is 0 Å². The first-order valence-corrected chi connectivity index (χ1v) is 6.53. The van der Waals surface area contributed by atoms with E-state index in [0.29, 0.717) is 11.3 Å². The van der Waals surface area contributed by atoms with Crippen LogP contribution >= 0.6 is 11.3 Å². The molecular weight excluding hydrogens is 266 g/mol. The van der Waals surface area contributed by atoms with Gasteiger partial charge in [-0.1, -0.05) is 11.8 Å². The van der Waals surface area contributed by atoms with E-state index in [-0.39, 0.29) is 31.4 Å². The van der Waals surface area contributed by atoms with Crippen LogP contribution in [0.15, 0.2) is 12.1 Å². The van der Waals surface area contributed by atoms with Crippen LogP contribution in [0.5, 0.6) is 0 Å². The fraction of sp³-hybridized carbons (Fsp3) is 0.385. The van der Waals surface area contributed by atoms with Crippen molar-refractivity contribution in [1.82, 2.24) is 5.32 Å². The first-order chi connectivity index (χ1) is 9.17. The number of nitrogens with one attached hydrogen (secondary N) is 1. The zero-order valence-electron chi connectivity index (χ0n) is 10.6. The van der Waals surface area contributed by atoms with Crippen molar-refractivity contribution in [3.8, 4) is 11.8 Å². The Balaban J connectivity index is 2.45. The van der Waals surface area contributed by atoms with Crippen LogP contribution in [0.2, 0.25) is 0 Å². The minimum atomic E-state index is -0.359. The van der Waals surface area contributed by atoms with Crippen molar-refractivity contribution >= 4 is 23.2 Å². The zero-order valence-corrected chi connectivity index (χ0v) is 11.4. The summed E-state index contributed by atoms with van der Waals surface area (Å²) < 4.78 is 4.47. The van der Waals surface area contributed by atoms with Crippen molar-refractivity contribution in [1.29, 1.82) is 0 Å². The number of carbonyl (C=O) groups excluding carboxylic acids is 2. The summed E-state index contributed by atoms with van der Waals surface area (Å²) in [6, 6.07) is 3.44. The third kappa shape index (κ3) is 5.55. The highest BCUT2D eigenvalue weighted by molar-refractivity contribution is 7.14. The van der Waals surface area contributed by atoms with Crippen LogP contribution in [0, 0.1) is 11.8 Å². The van der Waals surface area contributed by atoms with Crippen LogP contribution in [0.4, 0.5) is 0 Å². The molecule has 102 valence electrons. The number of ether oxygens (including phenoxy) is 1. The molecule has 0 saturated carbocycles. The van der Waals surface area contributed by atoms with Crippen LogP contribution in [0.1, 0.15) is 27.4 Å². The summed E-state index contributed by atoms with van der Waals surface area (Å²) in [5, 5.41) is 11.2. The van der Waals surface area contributed by atoms with E-state index in [2.05, 4.69) is 21.9 Å². The molecule has 0 spiro atoms. The van der Waals surface area contributed by atoms with Crippen molar-refractivity contribution in [2.45, 2.75) is 12.8 Å². The molecule has 0 aliphatic heterocycles. The molecule has 5 nitrogen and oxygen atoms in total. The molecule has 0 radical (unpaired) electrons. The zero-order chi connectivity index (χ0) is 14.1. The smallest absolute Gasteiger partial charge is 0.307 e. The molecule has 2 N–H and O–H groups in total. The minimum absolute atomic E-state index is 0.0270. The second-order valence-corrected chi connectivity index (χ2v) is 4.61. The van der Waals surface area contributed by atoms with Gasteiger partial charge in [-0.05, 0) is 12.1 Å². The first-order valence-electron chi connectivity index (χ1n) is 5.72. The van der Waals surface area contributed by atoms with E-state index in [1.54, 1.807) is 12.1 Å². The highest BCUT2D eigenvalue weighted by Gasteiger charge is 2.08. The van der Waals surface area contributed by atoms with Gasteiger partial charge in [0.15, 0.2) is 0 Å². The highest BCUT2D eigenvalue weighted by Crippen LogP contribution is 2.15. The Morgan fingerprint density at radius 2 is 2.26 bits per heavy atom. The van der Waals surface area contributed by atoms with Crippen molar-refractivity contribution in [2.24, 2.45) is 0 Å². The van der Waals surface area contributed by atoms with Gasteiger partial charge >= 0.3 is 5.97 Å². The number of carbonyl (C=O) groups is 2. The normalized spacial score (nSPS) is 9.37. The number of aliphatic hydroxyl groups excluding tert-OH is 1. The molecule has 1 aromatic rings. The van der Waals surface area contributed by atoms with Gasteiger partial charge in [0.2, 0.25) is 0 Å². The van der Waals surface area contributed by atoms with Crippen molar-refractivity contribution in [2.75, 3.05) is 20.3 Å². The summed E-state index contributed by atoms with van der Waals surface area (Å²) in [6.07, 6.45) is 0.565. The molecule has 0 aliphatic carbocycles. The Morgan fingerprint density at radius 1 is 1.47 bits per heavy atom. The number of hydrogen-bond donors (Lipinski definition) is 2. The maximum atomic E-state index is 11.7. The lowest BCUT2D eigenvalue weighted by molar-refractivity contribution is -0.140. The van der Waals surface area contributed by atoms with Crippen molar-refractivity contribution in [3.05, 3.63) is 21.9 Å². The van der Waals surface area contributed by atoms with Crippen molar-refractivity contribution < 1.29 is 19.4 Å². The lowest BCUT2D eigenvalue weighted by Gasteiger charge is -2.01. The van der Waals surface area contributed by atoms with Gasteiger partial charge in [-0.2, -0.15) is 0 Å². The molecule has 0 aromatic carbocycles. The molecular formula is C13H15NO4S. The quantitative estimate of drug-likeness (QED) is 0.617. The molecule has 0 fully saturated rings. The lowest BCUT2D eigenvalue weighted by atomic mass is 10.3. The first kappa shape index (κ1) is 15.2. The average Bonchev–Trinajstić information content (AvgIpc) is 2.87. The average molecular weight is 281 g/mol. The molecule has 1 heterocycles. The lowest BCUT2D eigenvalue weighted by Crippen LogP contribution is -2.25. The molecule has 0 atom stereocenters. The molecule has 0 aliphatic rings. The SMILES string of the molecule is COC(=O)CCNC(=O)c1ccc(C#CCCO)s1. The van der Waals surface area contributed by atoms with E-state index in [1.807, 2.05) is 0 Å². The highest BCUT2D eigenvalue weighted by atomic mass is 32.1. The molecule has 1 amide bonds. The standard InChI is InChI=1S/C13H15NO4S/c1-18-12(16)7-8-14-13(17)11-6-5-10(19-11)4-2-3-9-15/h5-6,15H,3,7-9H2,1H3,(H,14,17). The summed E-state index contributed by atoms with van der Waals surface area (Å²) in [4.78, 5) is 23.9. The van der Waals surface area contributed by atoms with Gasteiger partial charge in [-0.15, -0.1) is 11.3 Å². The fourth-order valence-corrected chi connectivity index (χ4v) is 2.00. The number of hydrogen-bond acceptors (Lipinski definition) is 5. The summed E-state index contributed by atoms with van der Waals surface area (Å²) >= 11 is 1.27. The maximum Gasteiger partial charge on any atom is 0.307 e. The predicted octanol–water partition coefficient (Wildman–Crippen LogP) is 0.775. The monoisotopic (exact) mass is 281 g/mol. The molecule has 0 bridgehead atoms. The number of amides is 1. The Bertz CT molecular complexity index is 498. The molecule has 0 saturated heterocycles. The minimum Gasteiger partial charge on any atom is -0.469 e. The van der Waals surface area contributed by atoms with E-state index in [0.717, 1.165) is 4.88 Å². The Morgan fingerprint density at radius 3 is 2.95 bits per heavy atom. The van der Waals surface area contributed by atoms with Gasteiger partial charge in [0.1, 0.15) is 0 Å². The number of methoxy groups -OCH3 is 1. The number of rotatable bonds is 5. The summed E-state index contributed by atoms with van der Waals surface area (Å²) in [6.45, 7) is 0.272. The van der Waals surface area contributed by atoms with E-state index in [1.165, 1.54) is 18.4 Å². The summed E-state index contributed by atoms with van der Waals surface area (Å²) in [7, 11) is 1.31. The fourth-order valence-electron chi connectivity index (χ4n) is 1.20. The Hall–Kier alpha value is -1.84. The van der Waals surface area contributed by atoms with Crippen LogP contribution in [-0.4, -0.2) is 37.2 Å². The molecule has 1 aromatic heterocycles. The molecule has 1 rings (SSSR count). The van der Waals surface area contributed by atoms with Gasteiger partial charge in [0.05, 0.1) is 29.9 Å². The van der Waals surface area contributed by atoms with Gasteiger partial charge in [-0.25, -0.2) is 0 Å². The summed E-state index contributed by atoms with van der Waals surface area (Å²) in [5.41, 5.74) is 0. The second-order valence-electron chi connectivity index (χ2n) is 3.52. The van der Waals surface area contributed by atoms with E-state index in [4.69, 9.17) is 5.11 Å². The molecule has 6 heteroatoms. The Kier molecular flexibility index (Phi) is 6.64. The maximum absolute atomic E-state index is 11.7. The van der Waals surface area contributed by atoms with Gasteiger partial charge in [0.25, 0.3) is 5.91 Å². The molecule has 19 heavy (non-hydrogen) atoms. The van der Waals surface area contributed by atoms with Crippen molar-refractivity contribution in [3.63, 3.8) is 0 Å². The number of aliphatic hydroxyl groups is 1. The van der Waals surface area contributed by atoms with E-state index in [9.17, 15) is 9.59 Å². The number of esters is 1. The Labute approximate surface area is 115 Å². The number of thiophene rings is 1. The largest absolute Gasteiger partial charge is 0.469 e. The van der Waals surface area contributed by atoms with Gasteiger partial charge in [0, 0.05) is 13.0 Å². The third-order valence-electron chi connectivity index (χ3n) is 2.12. The van der Waals surface area contributed by atoms with Gasteiger partial charge < -0.3 is 15.2 Å². The van der Waals surface area contributed by atoms with Crippen LogP contribution < -0.4 is 5.32 Å². The third-order valence-corrected chi connectivity index (χ3v) is 3.12. The predicted molar refractivity (Wildman–Crippen MR) is 71.9 cm³/mol.